The smallest absolute Gasteiger partial charge is 0.328 e. The highest BCUT2D eigenvalue weighted by molar-refractivity contribution is 7.89. The third-order valence-corrected chi connectivity index (χ3v) is 7.24. The molecule has 8 nitrogen and oxygen atoms in total. The Morgan fingerprint density at radius 3 is 2.27 bits per heavy atom. The van der Waals surface area contributed by atoms with E-state index in [4.69, 9.17) is 0 Å². The lowest BCUT2D eigenvalue weighted by atomic mass is 10.1. The minimum absolute atomic E-state index is 0.0123. The Labute approximate surface area is 152 Å². The molecule has 0 aliphatic carbocycles. The maximum Gasteiger partial charge on any atom is 0.328 e. The third-order valence-electron chi connectivity index (χ3n) is 5.35. The van der Waals surface area contributed by atoms with E-state index < -0.39 is 10.0 Å². The Morgan fingerprint density at radius 1 is 1.12 bits per heavy atom. The van der Waals surface area contributed by atoms with Gasteiger partial charge in [0.15, 0.2) is 0 Å². The van der Waals surface area contributed by atoms with Gasteiger partial charge in [0.1, 0.15) is 0 Å². The van der Waals surface area contributed by atoms with Crippen molar-refractivity contribution in [2.24, 2.45) is 14.1 Å². The van der Waals surface area contributed by atoms with Gasteiger partial charge in [0.2, 0.25) is 15.9 Å². The first kappa shape index (κ1) is 18.7. The topological polar surface area (TPSA) is 84.6 Å². The fourth-order valence-electron chi connectivity index (χ4n) is 3.52. The minimum atomic E-state index is -3.64. The van der Waals surface area contributed by atoms with Crippen molar-refractivity contribution in [3.05, 3.63) is 28.7 Å². The Hall–Kier alpha value is -2.13. The first-order chi connectivity index (χ1) is 12.1. The quantitative estimate of drug-likeness (QED) is 0.777. The monoisotopic (exact) mass is 380 g/mol. The summed E-state index contributed by atoms with van der Waals surface area (Å²) in [6.07, 6.45) is 1.22. The number of aryl methyl sites for hydroxylation is 2. The maximum atomic E-state index is 13.0. The molecule has 3 rings (SSSR count). The molecular weight excluding hydrogens is 356 g/mol. The summed E-state index contributed by atoms with van der Waals surface area (Å²) in [5, 5.41) is 0. The Morgan fingerprint density at radius 2 is 1.69 bits per heavy atom. The average molecular weight is 380 g/mol. The highest BCUT2D eigenvalue weighted by Gasteiger charge is 2.31. The summed E-state index contributed by atoms with van der Waals surface area (Å²) in [6, 6.07) is 4.83. The van der Waals surface area contributed by atoms with Crippen LogP contribution in [0.5, 0.6) is 0 Å². The molecule has 0 spiro atoms. The largest absolute Gasteiger partial charge is 0.343 e. The van der Waals surface area contributed by atoms with Crippen molar-refractivity contribution in [2.45, 2.75) is 30.7 Å². The van der Waals surface area contributed by atoms with E-state index in [-0.39, 0.29) is 22.5 Å². The highest BCUT2D eigenvalue weighted by atomic mass is 32.2. The zero-order chi connectivity index (χ0) is 19.2. The number of amides is 1. The molecule has 1 aliphatic rings. The Balaban J connectivity index is 1.87. The second kappa shape index (κ2) is 6.55. The minimum Gasteiger partial charge on any atom is -0.343 e. The Kier molecular flexibility index (Phi) is 4.70. The van der Waals surface area contributed by atoms with Gasteiger partial charge in [0.05, 0.1) is 15.9 Å². The number of imidazole rings is 1. The lowest BCUT2D eigenvalue weighted by molar-refractivity contribution is -0.130. The number of sulfonamides is 1. The Bertz CT molecular complexity index is 1010. The van der Waals surface area contributed by atoms with E-state index in [1.54, 1.807) is 44.2 Å². The van der Waals surface area contributed by atoms with Crippen LogP contribution in [0.25, 0.3) is 11.0 Å². The van der Waals surface area contributed by atoms with E-state index in [0.29, 0.717) is 37.0 Å². The predicted octanol–water partition coefficient (Wildman–Crippen LogP) is 0.508. The predicted molar refractivity (Wildman–Crippen MR) is 98.4 cm³/mol. The molecule has 1 aromatic heterocycles. The average Bonchev–Trinajstić information content (AvgIpc) is 2.85. The van der Waals surface area contributed by atoms with Crippen LogP contribution in [0.15, 0.2) is 27.9 Å². The number of piperidine rings is 1. The van der Waals surface area contributed by atoms with Crippen molar-refractivity contribution in [3.63, 3.8) is 0 Å². The number of aromatic nitrogens is 2. The molecule has 0 saturated carbocycles. The molecule has 9 heteroatoms. The molecule has 1 aromatic carbocycles. The highest BCUT2D eigenvalue weighted by Crippen LogP contribution is 2.25. The van der Waals surface area contributed by atoms with Crippen LogP contribution in [0.4, 0.5) is 0 Å². The molecular formula is C17H24N4O4S. The molecule has 1 amide bonds. The molecule has 0 atom stereocenters. The molecule has 2 heterocycles. The summed E-state index contributed by atoms with van der Waals surface area (Å²) in [5.74, 6) is -0.0123. The summed E-state index contributed by atoms with van der Waals surface area (Å²) < 4.78 is 30.4. The summed E-state index contributed by atoms with van der Waals surface area (Å²) in [5.41, 5.74) is 1.09. The van der Waals surface area contributed by atoms with Crippen molar-refractivity contribution >= 4 is 27.0 Å². The first-order valence-electron chi connectivity index (χ1n) is 8.53. The maximum absolute atomic E-state index is 13.0. The number of hydrogen-bond acceptors (Lipinski definition) is 4. The van der Waals surface area contributed by atoms with Crippen LogP contribution in [0.3, 0.4) is 0 Å². The van der Waals surface area contributed by atoms with Gasteiger partial charge in [0.25, 0.3) is 0 Å². The number of carbonyl (C=O) groups excluding carboxylic acids is 1. The molecule has 1 fully saturated rings. The summed E-state index contributed by atoms with van der Waals surface area (Å²) in [7, 11) is 1.40. The van der Waals surface area contributed by atoms with Gasteiger partial charge < -0.3 is 4.90 Å². The second-order valence-electron chi connectivity index (χ2n) is 6.82. The fraction of sp³-hybridized carbons (Fsp3) is 0.529. The van der Waals surface area contributed by atoms with Crippen LogP contribution >= 0.6 is 0 Å². The van der Waals surface area contributed by atoms with Crippen LogP contribution in [-0.2, 0) is 28.9 Å². The summed E-state index contributed by atoms with van der Waals surface area (Å²) in [6.45, 7) is 2.26. The van der Waals surface area contributed by atoms with Gasteiger partial charge >= 0.3 is 5.69 Å². The van der Waals surface area contributed by atoms with Crippen LogP contribution < -0.4 is 5.69 Å². The molecule has 26 heavy (non-hydrogen) atoms. The van der Waals surface area contributed by atoms with Crippen LogP contribution in [0.2, 0.25) is 0 Å². The van der Waals surface area contributed by atoms with Gasteiger partial charge in [-0.25, -0.2) is 13.2 Å². The summed E-state index contributed by atoms with van der Waals surface area (Å²) >= 11 is 0. The van der Waals surface area contributed by atoms with Gasteiger partial charge in [-0.05, 0) is 31.0 Å². The van der Waals surface area contributed by atoms with Gasteiger partial charge in [-0.2, -0.15) is 4.31 Å². The second-order valence-corrected chi connectivity index (χ2v) is 8.75. The van der Waals surface area contributed by atoms with E-state index in [1.165, 1.54) is 20.4 Å². The van der Waals surface area contributed by atoms with Gasteiger partial charge in [-0.3, -0.25) is 13.9 Å². The first-order valence-corrected chi connectivity index (χ1v) is 9.97. The standard InChI is InChI=1S/C17H24N4O4S/c1-12(22)18(2)13-7-9-21(10-8-13)26(24,25)14-5-6-15-16(11-14)20(4)17(23)19(15)3/h5-6,11,13H,7-10H2,1-4H3. The number of fused-ring (bicyclic) bond motifs is 1. The molecule has 1 aliphatic heterocycles. The number of hydrogen-bond donors (Lipinski definition) is 0. The zero-order valence-electron chi connectivity index (χ0n) is 15.5. The van der Waals surface area contributed by atoms with Crippen molar-refractivity contribution < 1.29 is 13.2 Å². The molecule has 1 saturated heterocycles. The van der Waals surface area contributed by atoms with Crippen LogP contribution in [0, 0.1) is 0 Å². The van der Waals surface area contributed by atoms with E-state index in [0.717, 1.165) is 0 Å². The molecule has 0 unspecified atom stereocenters. The molecule has 2 aromatic rings. The molecule has 0 radical (unpaired) electrons. The molecule has 0 bridgehead atoms. The number of carbonyl (C=O) groups is 1. The van der Waals surface area contributed by atoms with Crippen molar-refractivity contribution in [1.82, 2.24) is 18.3 Å². The van der Waals surface area contributed by atoms with E-state index in [2.05, 4.69) is 0 Å². The number of nitrogens with zero attached hydrogens (tertiary/aromatic N) is 4. The van der Waals surface area contributed by atoms with E-state index >= 15 is 0 Å². The SMILES string of the molecule is CC(=O)N(C)C1CCN(S(=O)(=O)c2ccc3c(c2)n(C)c(=O)n3C)CC1. The van der Waals surface area contributed by atoms with Crippen molar-refractivity contribution in [1.29, 1.82) is 0 Å². The summed E-state index contributed by atoms with van der Waals surface area (Å²) in [4.78, 5) is 25.4. The van der Waals surface area contributed by atoms with Gasteiger partial charge in [-0.15, -0.1) is 0 Å². The van der Waals surface area contributed by atoms with Crippen molar-refractivity contribution in [3.8, 4) is 0 Å². The van der Waals surface area contributed by atoms with Crippen LogP contribution in [0.1, 0.15) is 19.8 Å². The lowest BCUT2D eigenvalue weighted by Crippen LogP contribution is -2.46. The zero-order valence-corrected chi connectivity index (χ0v) is 16.3. The normalized spacial score (nSPS) is 16.9. The number of benzene rings is 1. The van der Waals surface area contributed by atoms with Gasteiger partial charge in [-0.1, -0.05) is 0 Å². The lowest BCUT2D eigenvalue weighted by Gasteiger charge is -2.35. The fourth-order valence-corrected chi connectivity index (χ4v) is 5.01. The molecule has 142 valence electrons. The van der Waals surface area contributed by atoms with Gasteiger partial charge in [0, 0.05) is 47.2 Å². The van der Waals surface area contributed by atoms with Crippen molar-refractivity contribution in [2.75, 3.05) is 20.1 Å². The van der Waals surface area contributed by atoms with Crippen LogP contribution in [-0.4, -0.2) is 58.8 Å². The van der Waals surface area contributed by atoms with E-state index in [1.807, 2.05) is 0 Å². The molecule has 0 N–H and O–H groups in total. The van der Waals surface area contributed by atoms with E-state index in [9.17, 15) is 18.0 Å². The number of rotatable bonds is 3. The third kappa shape index (κ3) is 2.95.